The first-order valence-corrected chi connectivity index (χ1v) is 7.67. The van der Waals surface area contributed by atoms with Gasteiger partial charge in [0.2, 0.25) is 5.50 Å². The van der Waals surface area contributed by atoms with Gasteiger partial charge in [0.25, 0.3) is 0 Å². The second-order valence-electron chi connectivity index (χ2n) is 3.79. The SMILES string of the molecule is CS(=O)(=O)C(F)c1c(C(=O)O)sc2ccccc12. The van der Waals surface area contributed by atoms with Crippen LogP contribution in [0.4, 0.5) is 4.39 Å². The van der Waals surface area contributed by atoms with Gasteiger partial charge in [0.15, 0.2) is 9.84 Å². The summed E-state index contributed by atoms with van der Waals surface area (Å²) in [7, 11) is -4.00. The van der Waals surface area contributed by atoms with Gasteiger partial charge in [-0.25, -0.2) is 17.6 Å². The van der Waals surface area contributed by atoms with Gasteiger partial charge in [0, 0.05) is 21.9 Å². The molecule has 7 heteroatoms. The Kier molecular flexibility index (Phi) is 3.12. The topological polar surface area (TPSA) is 71.4 Å². The van der Waals surface area contributed by atoms with Crippen LogP contribution in [0.5, 0.6) is 0 Å². The van der Waals surface area contributed by atoms with E-state index in [9.17, 15) is 17.6 Å². The molecule has 1 atom stereocenters. The highest BCUT2D eigenvalue weighted by Crippen LogP contribution is 2.38. The summed E-state index contributed by atoms with van der Waals surface area (Å²) < 4.78 is 37.1. The Morgan fingerprint density at radius 2 is 2.00 bits per heavy atom. The zero-order valence-corrected chi connectivity index (χ0v) is 10.9. The molecule has 0 aliphatic carbocycles. The first kappa shape index (κ1) is 13.0. The van der Waals surface area contributed by atoms with Crippen LogP contribution in [-0.2, 0) is 9.84 Å². The molecule has 0 saturated carbocycles. The average Bonchev–Trinajstić information content (AvgIpc) is 2.65. The van der Waals surface area contributed by atoms with E-state index in [0.29, 0.717) is 10.1 Å². The largest absolute Gasteiger partial charge is 0.477 e. The minimum atomic E-state index is -4.00. The van der Waals surface area contributed by atoms with Gasteiger partial charge in [-0.15, -0.1) is 11.3 Å². The molecule has 1 N–H and O–H groups in total. The molecule has 0 radical (unpaired) electrons. The number of aromatic carboxylic acids is 1. The van der Waals surface area contributed by atoms with E-state index in [1.807, 2.05) is 0 Å². The van der Waals surface area contributed by atoms with E-state index in [-0.39, 0.29) is 10.4 Å². The fourth-order valence-corrected chi connectivity index (χ4v) is 3.48. The van der Waals surface area contributed by atoms with Crippen LogP contribution < -0.4 is 0 Å². The summed E-state index contributed by atoms with van der Waals surface area (Å²) in [6, 6.07) is 6.44. The van der Waals surface area contributed by atoms with Crippen LogP contribution in [0.1, 0.15) is 20.7 Å². The van der Waals surface area contributed by atoms with Gasteiger partial charge in [0.05, 0.1) is 0 Å². The Hall–Kier alpha value is -1.47. The number of sulfone groups is 1. The number of alkyl halides is 1. The van der Waals surface area contributed by atoms with Crippen molar-refractivity contribution < 1.29 is 22.7 Å². The van der Waals surface area contributed by atoms with Crippen molar-refractivity contribution in [1.82, 2.24) is 0 Å². The van der Waals surface area contributed by atoms with Gasteiger partial charge >= 0.3 is 5.97 Å². The molecule has 2 aromatic rings. The van der Waals surface area contributed by atoms with Gasteiger partial charge in [-0.1, -0.05) is 18.2 Å². The van der Waals surface area contributed by atoms with Crippen molar-refractivity contribution in [2.24, 2.45) is 0 Å². The van der Waals surface area contributed by atoms with Crippen LogP contribution in [0.2, 0.25) is 0 Å². The molecule has 96 valence electrons. The number of carboxylic acid groups (broad SMARTS) is 1. The lowest BCUT2D eigenvalue weighted by Gasteiger charge is -2.06. The van der Waals surface area contributed by atoms with E-state index >= 15 is 0 Å². The molecule has 0 fully saturated rings. The number of benzene rings is 1. The van der Waals surface area contributed by atoms with Crippen molar-refractivity contribution >= 4 is 37.2 Å². The molecule has 1 aromatic heterocycles. The average molecular weight is 288 g/mol. The lowest BCUT2D eigenvalue weighted by atomic mass is 10.1. The molecule has 2 rings (SSSR count). The van der Waals surface area contributed by atoms with E-state index in [1.54, 1.807) is 18.2 Å². The van der Waals surface area contributed by atoms with E-state index in [1.165, 1.54) is 6.07 Å². The Morgan fingerprint density at radius 3 is 2.56 bits per heavy atom. The molecule has 0 amide bonds. The normalized spacial score (nSPS) is 13.7. The third-order valence-electron chi connectivity index (χ3n) is 2.43. The molecule has 0 spiro atoms. The van der Waals surface area contributed by atoms with Gasteiger partial charge < -0.3 is 5.11 Å². The Morgan fingerprint density at radius 1 is 1.39 bits per heavy atom. The second kappa shape index (κ2) is 4.33. The van der Waals surface area contributed by atoms with Crippen LogP contribution in [0, 0.1) is 0 Å². The van der Waals surface area contributed by atoms with Crippen molar-refractivity contribution in [3.63, 3.8) is 0 Å². The fourth-order valence-electron chi connectivity index (χ4n) is 1.66. The van der Waals surface area contributed by atoms with Crippen LogP contribution in [-0.4, -0.2) is 25.7 Å². The molecule has 1 heterocycles. The summed E-state index contributed by atoms with van der Waals surface area (Å²) in [5, 5.41) is 9.36. The quantitative estimate of drug-likeness (QED) is 0.942. The third-order valence-corrected chi connectivity index (χ3v) is 4.59. The number of rotatable bonds is 3. The summed E-state index contributed by atoms with van der Waals surface area (Å²) >= 11 is 0.872. The molecule has 1 aromatic carbocycles. The van der Waals surface area contributed by atoms with Crippen LogP contribution in [0.15, 0.2) is 24.3 Å². The summed E-state index contributed by atoms with van der Waals surface area (Å²) in [6.45, 7) is 0. The second-order valence-corrected chi connectivity index (χ2v) is 6.92. The number of hydrogen-bond donors (Lipinski definition) is 1. The maximum Gasteiger partial charge on any atom is 0.346 e. The summed E-state index contributed by atoms with van der Waals surface area (Å²) in [6.07, 6.45) is 0.746. The molecule has 0 aliphatic rings. The van der Waals surface area contributed by atoms with Crippen molar-refractivity contribution in [1.29, 1.82) is 0 Å². The minimum Gasteiger partial charge on any atom is -0.477 e. The molecule has 0 bridgehead atoms. The van der Waals surface area contributed by atoms with Gasteiger partial charge in [-0.2, -0.15) is 0 Å². The van der Waals surface area contributed by atoms with E-state index in [2.05, 4.69) is 0 Å². The maximum absolute atomic E-state index is 14.0. The van der Waals surface area contributed by atoms with E-state index in [0.717, 1.165) is 17.6 Å². The number of hydrogen-bond acceptors (Lipinski definition) is 4. The molecular formula is C11H9FO4S2. The first-order chi connectivity index (χ1) is 8.32. The van der Waals surface area contributed by atoms with Crippen molar-refractivity contribution in [2.45, 2.75) is 5.50 Å². The summed E-state index contributed by atoms with van der Waals surface area (Å²) in [5.74, 6) is -1.32. The Labute approximate surface area is 107 Å². The predicted molar refractivity (Wildman–Crippen MR) is 67.5 cm³/mol. The third kappa shape index (κ3) is 2.11. The summed E-state index contributed by atoms with van der Waals surface area (Å²) in [4.78, 5) is 10.8. The lowest BCUT2D eigenvalue weighted by molar-refractivity contribution is 0.0700. The van der Waals surface area contributed by atoms with Gasteiger partial charge in [-0.05, 0) is 6.07 Å². The maximum atomic E-state index is 14.0. The van der Waals surface area contributed by atoms with Crippen molar-refractivity contribution in [3.05, 3.63) is 34.7 Å². The van der Waals surface area contributed by atoms with Crippen molar-refractivity contribution in [2.75, 3.05) is 6.26 Å². The molecule has 18 heavy (non-hydrogen) atoms. The molecule has 0 aliphatic heterocycles. The monoisotopic (exact) mass is 288 g/mol. The highest BCUT2D eigenvalue weighted by Gasteiger charge is 2.31. The summed E-state index contributed by atoms with van der Waals surface area (Å²) in [5.41, 5.74) is -2.59. The number of fused-ring (bicyclic) bond motifs is 1. The van der Waals surface area contributed by atoms with Crippen LogP contribution in [0.3, 0.4) is 0 Å². The van der Waals surface area contributed by atoms with Crippen LogP contribution in [0.25, 0.3) is 10.1 Å². The molecular weight excluding hydrogens is 279 g/mol. The van der Waals surface area contributed by atoms with E-state index < -0.39 is 21.3 Å². The number of halogens is 1. The number of carboxylic acids is 1. The Bertz CT molecular complexity index is 718. The lowest BCUT2D eigenvalue weighted by Crippen LogP contribution is -2.09. The standard InChI is InChI=1S/C11H9FO4S2/c1-18(15,16)10(12)8-6-4-2-3-5-7(6)17-9(8)11(13)14/h2-5,10H,1H3,(H,13,14). The van der Waals surface area contributed by atoms with E-state index in [4.69, 9.17) is 5.11 Å². The highest BCUT2D eigenvalue weighted by molar-refractivity contribution is 7.90. The minimum absolute atomic E-state index is 0.269. The molecule has 1 unspecified atom stereocenters. The van der Waals surface area contributed by atoms with Crippen molar-refractivity contribution in [3.8, 4) is 0 Å². The smallest absolute Gasteiger partial charge is 0.346 e. The van der Waals surface area contributed by atoms with Gasteiger partial charge in [0.1, 0.15) is 4.88 Å². The van der Waals surface area contributed by atoms with Gasteiger partial charge in [-0.3, -0.25) is 0 Å². The predicted octanol–water partition coefficient (Wildman–Crippen LogP) is 2.61. The zero-order chi connectivity index (χ0) is 13.5. The van der Waals surface area contributed by atoms with Crippen LogP contribution >= 0.6 is 11.3 Å². The zero-order valence-electron chi connectivity index (χ0n) is 9.25. The Balaban J connectivity index is 2.82. The number of thiophene rings is 1. The first-order valence-electron chi connectivity index (χ1n) is 4.90. The molecule has 4 nitrogen and oxygen atoms in total. The number of carbonyl (C=O) groups is 1. The fraction of sp³-hybridized carbons (Fsp3) is 0.182. The molecule has 0 saturated heterocycles. The highest BCUT2D eigenvalue weighted by atomic mass is 32.2.